The predicted molar refractivity (Wildman–Crippen MR) is 159 cm³/mol. The van der Waals surface area contributed by atoms with Gasteiger partial charge in [-0.3, -0.25) is 9.69 Å². The highest BCUT2D eigenvalue weighted by Gasteiger charge is 2.41. The molecule has 45 heavy (non-hydrogen) atoms. The molecule has 0 saturated carbocycles. The molecule has 4 aliphatic rings. The quantitative estimate of drug-likeness (QED) is 0.455. The number of hydrogen-bond acceptors (Lipinski definition) is 4. The Morgan fingerprint density at radius 2 is 1.76 bits per heavy atom. The number of piperidine rings is 1. The first-order valence-electron chi connectivity index (χ1n) is 14.9. The number of aliphatic imine (C=N–C) groups is 1. The number of para-hydroxylation sites is 1. The van der Waals surface area contributed by atoms with E-state index in [0.717, 1.165) is 12.0 Å². The summed E-state index contributed by atoms with van der Waals surface area (Å²) >= 11 is 0. The van der Waals surface area contributed by atoms with Gasteiger partial charge in [0.15, 0.2) is 0 Å². The standard InChI is InChI=1S/C32H32F4N6O3/c33-22-12-10-20(11-13-22)25-18-41(31(45)37-25)23-14-16-40(17-15-23)30(44)39-28-29(43)42(19-32(34,35)36)26-9-5-4-8-24(26)27(38-28)21-6-2-1-3-7-21/h2,4-13,23,25,28H,1,3,14-19H2,(H,37,45)(H,39,44)/t25?,28-/m0/s1. The van der Waals surface area contributed by atoms with Crippen LogP contribution in [0.4, 0.5) is 32.8 Å². The van der Waals surface area contributed by atoms with Gasteiger partial charge in [0, 0.05) is 31.2 Å². The van der Waals surface area contributed by atoms with Crippen LogP contribution in [0, 0.1) is 5.82 Å². The van der Waals surface area contributed by atoms with Gasteiger partial charge in [-0.25, -0.2) is 19.0 Å². The van der Waals surface area contributed by atoms with Crippen LogP contribution in [0.25, 0.3) is 0 Å². The van der Waals surface area contributed by atoms with E-state index in [1.165, 1.54) is 23.1 Å². The third-order valence-corrected chi connectivity index (χ3v) is 8.48. The minimum atomic E-state index is -4.69. The first kappa shape index (κ1) is 30.4. The van der Waals surface area contributed by atoms with Gasteiger partial charge in [-0.2, -0.15) is 13.2 Å². The van der Waals surface area contributed by atoms with E-state index in [1.54, 1.807) is 35.2 Å². The van der Waals surface area contributed by atoms with Gasteiger partial charge >= 0.3 is 18.2 Å². The molecule has 2 aromatic carbocycles. The number of urea groups is 2. The lowest BCUT2D eigenvalue weighted by atomic mass is 9.96. The second kappa shape index (κ2) is 12.4. The fraction of sp³-hybridized carbons (Fsp3) is 0.375. The van der Waals surface area contributed by atoms with Crippen molar-refractivity contribution >= 4 is 29.4 Å². The Morgan fingerprint density at radius 3 is 2.44 bits per heavy atom. The van der Waals surface area contributed by atoms with E-state index in [-0.39, 0.29) is 42.7 Å². The van der Waals surface area contributed by atoms with Crippen LogP contribution < -0.4 is 15.5 Å². The molecule has 6 rings (SSSR count). The Kier molecular flexibility index (Phi) is 8.34. The van der Waals surface area contributed by atoms with E-state index < -0.39 is 30.8 Å². The second-order valence-corrected chi connectivity index (χ2v) is 11.4. The Labute approximate surface area is 257 Å². The molecule has 0 aromatic heterocycles. The first-order valence-corrected chi connectivity index (χ1v) is 14.9. The van der Waals surface area contributed by atoms with Gasteiger partial charge in [-0.15, -0.1) is 0 Å². The van der Waals surface area contributed by atoms with E-state index in [4.69, 9.17) is 0 Å². The normalized spacial score (nSPS) is 22.4. The lowest BCUT2D eigenvalue weighted by Crippen LogP contribution is -2.55. The molecule has 2 atom stereocenters. The zero-order valence-electron chi connectivity index (χ0n) is 24.3. The highest BCUT2D eigenvalue weighted by molar-refractivity contribution is 6.21. The number of alkyl halides is 3. The number of benzodiazepines with no additional fused rings is 1. The summed E-state index contributed by atoms with van der Waals surface area (Å²) in [6.45, 7) is -0.608. The van der Waals surface area contributed by atoms with Crippen molar-refractivity contribution in [2.45, 2.75) is 50.1 Å². The number of fused-ring (bicyclic) bond motifs is 1. The molecule has 13 heteroatoms. The van der Waals surface area contributed by atoms with Gasteiger partial charge in [-0.05, 0) is 55.0 Å². The minimum Gasteiger partial charge on any atom is -0.329 e. The average Bonchev–Trinajstić information content (AvgIpc) is 3.38. The van der Waals surface area contributed by atoms with Gasteiger partial charge in [-0.1, -0.05) is 48.6 Å². The van der Waals surface area contributed by atoms with Crippen LogP contribution in [0.3, 0.4) is 0 Å². The summed E-state index contributed by atoms with van der Waals surface area (Å²) in [5.74, 6) is -1.35. The number of nitrogens with zero attached hydrogens (tertiary/aromatic N) is 4. The highest BCUT2D eigenvalue weighted by atomic mass is 19.4. The van der Waals surface area contributed by atoms with Crippen molar-refractivity contribution < 1.29 is 31.9 Å². The number of hydrogen-bond donors (Lipinski definition) is 2. The fourth-order valence-corrected chi connectivity index (χ4v) is 6.23. The van der Waals surface area contributed by atoms with Gasteiger partial charge in [0.05, 0.1) is 17.4 Å². The molecule has 3 aliphatic heterocycles. The smallest absolute Gasteiger partial charge is 0.329 e. The monoisotopic (exact) mass is 624 g/mol. The van der Waals surface area contributed by atoms with E-state index in [1.807, 2.05) is 18.2 Å². The third kappa shape index (κ3) is 6.57. The van der Waals surface area contributed by atoms with Crippen LogP contribution in [0.2, 0.25) is 0 Å². The summed E-state index contributed by atoms with van der Waals surface area (Å²) in [7, 11) is 0. The molecule has 0 bridgehead atoms. The summed E-state index contributed by atoms with van der Waals surface area (Å²) < 4.78 is 54.5. The van der Waals surface area contributed by atoms with E-state index in [9.17, 15) is 31.9 Å². The van der Waals surface area contributed by atoms with Crippen molar-refractivity contribution in [2.24, 2.45) is 4.99 Å². The number of halogens is 4. The van der Waals surface area contributed by atoms with E-state index >= 15 is 0 Å². The fourth-order valence-electron chi connectivity index (χ4n) is 6.23. The molecular weight excluding hydrogens is 592 g/mol. The van der Waals surface area contributed by atoms with Crippen molar-refractivity contribution in [1.29, 1.82) is 0 Å². The maximum Gasteiger partial charge on any atom is 0.406 e. The Morgan fingerprint density at radius 1 is 1.02 bits per heavy atom. The SMILES string of the molecule is O=C(N[C@@H]1N=C(C2=CCCC=C2)c2ccccc2N(CC(F)(F)F)C1=O)N1CCC(N2CC(c3ccc(F)cc3)NC2=O)CC1. The molecule has 2 saturated heterocycles. The molecular formula is C32H32F4N6O3. The second-order valence-electron chi connectivity index (χ2n) is 11.4. The number of likely N-dealkylation sites (tertiary alicyclic amines) is 1. The highest BCUT2D eigenvalue weighted by Crippen LogP contribution is 2.32. The number of carbonyl (C=O) groups excluding carboxylic acids is 3. The summed E-state index contributed by atoms with van der Waals surface area (Å²) in [4.78, 5) is 48.2. The number of amides is 5. The molecule has 1 unspecified atom stereocenters. The summed E-state index contributed by atoms with van der Waals surface area (Å²) in [6, 6.07) is 11.0. The molecule has 0 radical (unpaired) electrons. The van der Waals surface area contributed by atoms with Crippen LogP contribution in [0.15, 0.2) is 77.3 Å². The molecule has 2 aromatic rings. The van der Waals surface area contributed by atoms with Crippen molar-refractivity contribution in [1.82, 2.24) is 20.4 Å². The maximum absolute atomic E-state index is 13.7. The summed E-state index contributed by atoms with van der Waals surface area (Å²) in [6.07, 6.45) is 1.84. The lowest BCUT2D eigenvalue weighted by molar-refractivity contribution is -0.133. The molecule has 2 N–H and O–H groups in total. The molecule has 5 amide bonds. The third-order valence-electron chi connectivity index (χ3n) is 8.48. The number of nitrogens with one attached hydrogen (secondary N) is 2. The zero-order valence-corrected chi connectivity index (χ0v) is 24.3. The van der Waals surface area contributed by atoms with Crippen LogP contribution in [0.5, 0.6) is 0 Å². The number of rotatable bonds is 5. The summed E-state index contributed by atoms with van der Waals surface area (Å²) in [5.41, 5.74) is 2.22. The van der Waals surface area contributed by atoms with Gasteiger partial charge in [0.25, 0.3) is 5.91 Å². The molecule has 0 spiro atoms. The van der Waals surface area contributed by atoms with E-state index in [0.29, 0.717) is 47.6 Å². The Bertz CT molecular complexity index is 1560. The minimum absolute atomic E-state index is 0.0684. The number of anilines is 1. The molecule has 2 fully saturated rings. The first-order chi connectivity index (χ1) is 21.6. The van der Waals surface area contributed by atoms with Crippen molar-refractivity contribution in [3.63, 3.8) is 0 Å². The molecule has 9 nitrogen and oxygen atoms in total. The molecule has 236 valence electrons. The van der Waals surface area contributed by atoms with Gasteiger partial charge < -0.3 is 20.4 Å². The van der Waals surface area contributed by atoms with Crippen molar-refractivity contribution in [3.8, 4) is 0 Å². The maximum atomic E-state index is 13.7. The van der Waals surface area contributed by atoms with Crippen LogP contribution in [-0.2, 0) is 4.79 Å². The number of benzene rings is 2. The van der Waals surface area contributed by atoms with Crippen LogP contribution >= 0.6 is 0 Å². The topological polar surface area (TPSA) is 97.3 Å². The van der Waals surface area contributed by atoms with Crippen LogP contribution in [-0.4, -0.2) is 78.0 Å². The summed E-state index contributed by atoms with van der Waals surface area (Å²) in [5, 5.41) is 5.51. The Hall–Kier alpha value is -4.68. The number of allylic oxidation sites excluding steroid dienone is 4. The van der Waals surface area contributed by atoms with Crippen molar-refractivity contribution in [3.05, 3.63) is 89.3 Å². The molecule has 3 heterocycles. The largest absolute Gasteiger partial charge is 0.406 e. The Balaban J connectivity index is 1.17. The van der Waals surface area contributed by atoms with Gasteiger partial charge in [0.2, 0.25) is 6.17 Å². The van der Waals surface area contributed by atoms with Gasteiger partial charge in [0.1, 0.15) is 12.4 Å². The molecule has 1 aliphatic carbocycles. The lowest BCUT2D eigenvalue weighted by Gasteiger charge is -2.36. The van der Waals surface area contributed by atoms with Crippen LogP contribution in [0.1, 0.15) is 42.9 Å². The predicted octanol–water partition coefficient (Wildman–Crippen LogP) is 5.07. The van der Waals surface area contributed by atoms with Crippen molar-refractivity contribution in [2.75, 3.05) is 31.1 Å². The average molecular weight is 625 g/mol. The number of carbonyl (C=O) groups is 3. The zero-order chi connectivity index (χ0) is 31.7. The van der Waals surface area contributed by atoms with E-state index in [2.05, 4.69) is 15.6 Å².